The molecular formula is C21H36N2O2. The number of likely N-dealkylation sites (N-methyl/N-ethyl adjacent to an activating group) is 1. The van der Waals surface area contributed by atoms with Crippen molar-refractivity contribution in [1.29, 1.82) is 0 Å². The third-order valence-electron chi connectivity index (χ3n) is 6.98. The van der Waals surface area contributed by atoms with Gasteiger partial charge in [0.1, 0.15) is 0 Å². The fraction of sp³-hybridized carbons (Fsp3) is 0.857. The zero-order valence-electron chi connectivity index (χ0n) is 16.3. The molecule has 0 aromatic carbocycles. The molecule has 1 amide bonds. The summed E-state index contributed by atoms with van der Waals surface area (Å²) in [4.78, 5) is 16.8. The zero-order chi connectivity index (χ0) is 18.0. The van der Waals surface area contributed by atoms with Crippen molar-refractivity contribution >= 4 is 5.91 Å². The first-order valence-corrected chi connectivity index (χ1v) is 10.4. The number of aliphatic hydroxyl groups is 1. The summed E-state index contributed by atoms with van der Waals surface area (Å²) in [6, 6.07) is 0.518. The standard InChI is InChI=1S/C21H36N2O2/c1-4-5-6-7-20(24)22(3)19-10-12-21(25)16(2)23(15-17-8-9-17)13-11-18(21)14-19/h6-7,16-19,25H,4-5,8-15H2,1-3H3/b7-6+/t16-,18?,19?,21?/m1/s1. The van der Waals surface area contributed by atoms with E-state index in [0.29, 0.717) is 5.92 Å². The SMILES string of the molecule is CCC/C=C/C(=O)N(C)C1CCC2(O)C(CCN(CC3CC3)[C@@H]2C)C1. The fourth-order valence-electron chi connectivity index (χ4n) is 4.88. The van der Waals surface area contributed by atoms with E-state index in [0.717, 1.165) is 51.0 Å². The predicted octanol–water partition coefficient (Wildman–Crippen LogP) is 3.21. The largest absolute Gasteiger partial charge is 0.388 e. The Morgan fingerprint density at radius 2 is 2.08 bits per heavy atom. The first kappa shape index (κ1) is 18.9. The third kappa shape index (κ3) is 4.11. The molecule has 4 atom stereocenters. The molecule has 1 heterocycles. The van der Waals surface area contributed by atoms with Gasteiger partial charge in [-0.2, -0.15) is 0 Å². The number of unbranched alkanes of at least 4 members (excludes halogenated alkanes) is 1. The number of nitrogens with zero attached hydrogens (tertiary/aromatic N) is 2. The van der Waals surface area contributed by atoms with Crippen molar-refractivity contribution in [2.75, 3.05) is 20.1 Å². The number of hydrogen-bond donors (Lipinski definition) is 1. The topological polar surface area (TPSA) is 43.8 Å². The molecule has 1 saturated heterocycles. The summed E-state index contributed by atoms with van der Waals surface area (Å²) in [5.74, 6) is 1.31. The quantitative estimate of drug-likeness (QED) is 0.750. The van der Waals surface area contributed by atoms with Crippen LogP contribution in [0, 0.1) is 11.8 Å². The van der Waals surface area contributed by atoms with Crippen LogP contribution in [0.1, 0.15) is 65.2 Å². The molecule has 3 aliphatic rings. The van der Waals surface area contributed by atoms with E-state index in [1.165, 1.54) is 19.4 Å². The number of piperidine rings is 1. The Balaban J connectivity index is 1.59. The summed E-state index contributed by atoms with van der Waals surface area (Å²) in [6.07, 6.45) is 12.2. The zero-order valence-corrected chi connectivity index (χ0v) is 16.3. The highest BCUT2D eigenvalue weighted by molar-refractivity contribution is 5.87. The molecule has 0 bridgehead atoms. The molecule has 0 radical (unpaired) electrons. The molecule has 25 heavy (non-hydrogen) atoms. The van der Waals surface area contributed by atoms with Crippen LogP contribution in [0.2, 0.25) is 0 Å². The van der Waals surface area contributed by atoms with Crippen LogP contribution < -0.4 is 0 Å². The fourth-order valence-corrected chi connectivity index (χ4v) is 4.88. The third-order valence-corrected chi connectivity index (χ3v) is 6.98. The Bertz CT molecular complexity index is 502. The minimum atomic E-state index is -0.564. The first-order valence-electron chi connectivity index (χ1n) is 10.4. The highest BCUT2D eigenvalue weighted by Gasteiger charge is 2.51. The van der Waals surface area contributed by atoms with Crippen molar-refractivity contribution in [3.63, 3.8) is 0 Å². The molecule has 0 spiro atoms. The molecule has 3 rings (SSSR count). The number of amides is 1. The number of rotatable bonds is 6. The van der Waals surface area contributed by atoms with E-state index in [2.05, 4.69) is 18.7 Å². The molecule has 142 valence electrons. The van der Waals surface area contributed by atoms with Gasteiger partial charge in [-0.25, -0.2) is 0 Å². The second-order valence-electron chi connectivity index (χ2n) is 8.66. The van der Waals surface area contributed by atoms with E-state index in [1.54, 1.807) is 6.08 Å². The first-order chi connectivity index (χ1) is 12.0. The lowest BCUT2D eigenvalue weighted by Gasteiger charge is -2.54. The molecule has 0 aromatic rings. The van der Waals surface area contributed by atoms with Gasteiger partial charge in [-0.05, 0) is 76.3 Å². The molecule has 4 nitrogen and oxygen atoms in total. The van der Waals surface area contributed by atoms with Crippen molar-refractivity contribution in [2.45, 2.75) is 82.9 Å². The minimum Gasteiger partial charge on any atom is -0.388 e. The second kappa shape index (κ2) is 7.79. The molecule has 2 aliphatic carbocycles. The monoisotopic (exact) mass is 348 g/mol. The molecule has 3 unspecified atom stereocenters. The Hall–Kier alpha value is -0.870. The van der Waals surface area contributed by atoms with Gasteiger partial charge in [0.05, 0.1) is 5.60 Å². The number of carbonyl (C=O) groups excluding carboxylic acids is 1. The van der Waals surface area contributed by atoms with Gasteiger partial charge in [-0.15, -0.1) is 0 Å². The summed E-state index contributed by atoms with van der Waals surface area (Å²) in [6.45, 7) is 6.61. The lowest BCUT2D eigenvalue weighted by atomic mass is 9.66. The van der Waals surface area contributed by atoms with Crippen molar-refractivity contribution in [2.24, 2.45) is 11.8 Å². The molecule has 4 heteroatoms. The minimum absolute atomic E-state index is 0.114. The number of likely N-dealkylation sites (tertiary alicyclic amines) is 1. The van der Waals surface area contributed by atoms with Gasteiger partial charge in [0.25, 0.3) is 0 Å². The normalized spacial score (nSPS) is 36.4. The van der Waals surface area contributed by atoms with Gasteiger partial charge in [0.15, 0.2) is 0 Å². The van der Waals surface area contributed by atoms with Crippen LogP contribution >= 0.6 is 0 Å². The lowest BCUT2D eigenvalue weighted by molar-refractivity contribution is -0.152. The van der Waals surface area contributed by atoms with Crippen LogP contribution in [0.5, 0.6) is 0 Å². The van der Waals surface area contributed by atoms with Gasteiger partial charge in [-0.1, -0.05) is 19.4 Å². The highest BCUT2D eigenvalue weighted by Crippen LogP contribution is 2.45. The maximum atomic E-state index is 12.4. The molecule has 1 N–H and O–H groups in total. The average molecular weight is 349 g/mol. The highest BCUT2D eigenvalue weighted by atomic mass is 16.3. The van der Waals surface area contributed by atoms with E-state index in [9.17, 15) is 9.90 Å². The van der Waals surface area contributed by atoms with E-state index in [-0.39, 0.29) is 18.0 Å². The number of hydrogen-bond acceptors (Lipinski definition) is 3. The van der Waals surface area contributed by atoms with E-state index >= 15 is 0 Å². The van der Waals surface area contributed by atoms with Crippen LogP contribution in [0.4, 0.5) is 0 Å². The van der Waals surface area contributed by atoms with E-state index in [4.69, 9.17) is 0 Å². The van der Waals surface area contributed by atoms with Crippen molar-refractivity contribution in [3.05, 3.63) is 12.2 Å². The van der Waals surface area contributed by atoms with E-state index < -0.39 is 5.60 Å². The molecule has 3 fully saturated rings. The Kier molecular flexibility index (Phi) is 5.89. The van der Waals surface area contributed by atoms with E-state index in [1.807, 2.05) is 18.0 Å². The van der Waals surface area contributed by atoms with Crippen LogP contribution in [0.25, 0.3) is 0 Å². The number of fused-ring (bicyclic) bond motifs is 1. The summed E-state index contributed by atoms with van der Waals surface area (Å²) in [7, 11) is 1.93. The Labute approximate surface area is 153 Å². The Morgan fingerprint density at radius 3 is 2.76 bits per heavy atom. The van der Waals surface area contributed by atoms with Gasteiger partial charge in [0, 0.05) is 25.7 Å². The van der Waals surface area contributed by atoms with Crippen molar-refractivity contribution < 1.29 is 9.90 Å². The van der Waals surface area contributed by atoms with Crippen LogP contribution in [0.3, 0.4) is 0 Å². The smallest absolute Gasteiger partial charge is 0.246 e. The summed E-state index contributed by atoms with van der Waals surface area (Å²) in [5, 5.41) is 11.4. The number of carbonyl (C=O) groups is 1. The van der Waals surface area contributed by atoms with Gasteiger partial charge in [0.2, 0.25) is 5.91 Å². The predicted molar refractivity (Wildman–Crippen MR) is 101 cm³/mol. The van der Waals surface area contributed by atoms with Gasteiger partial charge in [-0.3, -0.25) is 9.69 Å². The van der Waals surface area contributed by atoms with Gasteiger partial charge < -0.3 is 10.0 Å². The van der Waals surface area contributed by atoms with Crippen LogP contribution in [-0.2, 0) is 4.79 Å². The van der Waals surface area contributed by atoms with Crippen molar-refractivity contribution in [3.8, 4) is 0 Å². The summed E-state index contributed by atoms with van der Waals surface area (Å²) < 4.78 is 0. The van der Waals surface area contributed by atoms with Crippen molar-refractivity contribution in [1.82, 2.24) is 9.80 Å². The Morgan fingerprint density at radius 1 is 1.32 bits per heavy atom. The van der Waals surface area contributed by atoms with Crippen LogP contribution in [0.15, 0.2) is 12.2 Å². The molecule has 2 saturated carbocycles. The second-order valence-corrected chi connectivity index (χ2v) is 8.66. The average Bonchev–Trinajstić information content (AvgIpc) is 3.41. The lowest BCUT2D eigenvalue weighted by Crippen LogP contribution is -2.63. The maximum absolute atomic E-state index is 12.4. The van der Waals surface area contributed by atoms with Gasteiger partial charge >= 0.3 is 0 Å². The summed E-state index contributed by atoms with van der Waals surface area (Å²) >= 11 is 0. The van der Waals surface area contributed by atoms with Crippen LogP contribution in [-0.4, -0.2) is 58.6 Å². The summed E-state index contributed by atoms with van der Waals surface area (Å²) in [5.41, 5.74) is -0.564. The molecule has 1 aliphatic heterocycles. The molecule has 0 aromatic heterocycles. The molecular weight excluding hydrogens is 312 g/mol. The number of allylic oxidation sites excluding steroid dienone is 1. The maximum Gasteiger partial charge on any atom is 0.246 e.